The molecule has 18 nitrogen and oxygen atoms in total. The van der Waals surface area contributed by atoms with E-state index in [2.05, 4.69) is 15.0 Å². The van der Waals surface area contributed by atoms with Crippen molar-refractivity contribution in [2.45, 2.75) is 204 Å². The van der Waals surface area contributed by atoms with E-state index in [1.807, 2.05) is 0 Å². The minimum atomic E-state index is -5.20. The lowest BCUT2D eigenvalue weighted by Gasteiger charge is -2.28. The van der Waals surface area contributed by atoms with Crippen molar-refractivity contribution in [2.24, 2.45) is 5.89 Å². The molecular weight excluding hydrogens is 1920 g/mol. The van der Waals surface area contributed by atoms with Crippen molar-refractivity contribution in [1.82, 2.24) is 58.1 Å². The summed E-state index contributed by atoms with van der Waals surface area (Å²) in [4.78, 5) is 101. The van der Waals surface area contributed by atoms with Crippen LogP contribution >= 0.6 is 35.3 Å². The number of benzene rings is 9. The van der Waals surface area contributed by atoms with Crippen LogP contribution in [0.1, 0.15) is 223 Å². The van der Waals surface area contributed by atoms with E-state index in [0.717, 1.165) is 110 Å². The minimum Gasteiger partial charge on any atom is -0.336 e. The first kappa shape index (κ1) is 60.9. The van der Waals surface area contributed by atoms with Gasteiger partial charge in [0.15, 0.2) is 15.5 Å². The number of hydrogen-bond donors (Lipinski definition) is 0. The van der Waals surface area contributed by atoms with Gasteiger partial charge in [-0.3, -0.25) is 28.8 Å². The van der Waals surface area contributed by atoms with E-state index in [9.17, 15) is 81.5 Å². The molecule has 3 heterocycles. The van der Waals surface area contributed by atoms with E-state index in [-0.39, 0.29) is 47.1 Å². The largest absolute Gasteiger partial charge is 0.416 e. The lowest BCUT2D eigenvalue weighted by atomic mass is 9.98. The van der Waals surface area contributed by atoms with E-state index < -0.39 is 481 Å². The molecular formula is C111H120F12N12O6S3. The molecule has 762 valence electrons. The van der Waals surface area contributed by atoms with Gasteiger partial charge >= 0.3 is 18.5 Å². The lowest BCUT2D eigenvalue weighted by molar-refractivity contribution is -0.138. The first-order valence-electron chi connectivity index (χ1n) is 68.0. The number of hydrogen-bond acceptors (Lipinski definition) is 15. The number of rotatable bonds is 39. The normalized spacial score (nSPS) is 21.1. The maximum Gasteiger partial charge on any atom is 0.416 e. The van der Waals surface area contributed by atoms with Gasteiger partial charge in [0.25, 0.3) is 16.7 Å². The Labute approximate surface area is 913 Å². The van der Waals surface area contributed by atoms with Crippen molar-refractivity contribution in [1.29, 1.82) is 0 Å². The summed E-state index contributed by atoms with van der Waals surface area (Å²) in [5.41, 5.74) is -16.2. The third-order valence-corrected chi connectivity index (χ3v) is 24.8. The number of likely N-dealkylation sites (N-methyl/N-ethyl adjacent to an activating group) is 3. The molecule has 0 fully saturated rings. The molecule has 3 aliphatic carbocycles. The van der Waals surface area contributed by atoms with Gasteiger partial charge in [0.1, 0.15) is 37.1 Å². The predicted molar refractivity (Wildman–Crippen MR) is 544 cm³/mol. The number of fused-ring (bicyclic) bond motifs is 3. The molecule has 144 heavy (non-hydrogen) atoms. The number of aromatic nitrogens is 6. The van der Waals surface area contributed by atoms with Crippen LogP contribution in [0.25, 0.3) is 33.4 Å². The summed E-state index contributed by atoms with van der Waals surface area (Å²) >= 11 is 1.65. The zero-order valence-corrected chi connectivity index (χ0v) is 80.4. The van der Waals surface area contributed by atoms with Crippen LogP contribution in [0.2, 0.25) is 0 Å². The number of thioether (sulfide) groups is 3. The van der Waals surface area contributed by atoms with Gasteiger partial charge in [0, 0.05) is 141 Å². The number of nitrogens with zero attached hydrogens (tertiary/aromatic N) is 12. The SMILES string of the molecule is [2H]c1c([2H])c(CSc2nc(=O)c3c(n2CC(=O)N(CCN(C([2H])([2H])C)C([2H])([2H])C)Cc2c([2H])c([2H])c(-c4c([2H])c([2H])c(C(F)(F)F)c(C)c4[2H])c([2H])c2[2H])C([2H])([2H])C([2H])([2H])C3([2H])[2H])c([2H])c([2H])c1F.[2H]c1c([2H])c(CSc2nc(=O)c3c(n2CC(=O)N(CCN(C([2H])([2H])C)C([2H])([2H])C)Cc2c([2H])c([2H])c(-c4c([2H])c([2H])c(C(F)(F)F)c(C)c4[2H])c([2H])c2[2H])CCC3)c([2H])c([2H])c1F.[2H]c1c([2H])c(CSc2nc(=O)c3c(n2CC(=O)N(CCN(C([2H])([2H])C)C([2H])([2H])C)Cc2ccc(-c4ccc(C(F)(F)F)cc4)cc2)C([2H])([2H])C([2H])(C)C3([2H])[2H])c([2H])c([2H])c1F. The van der Waals surface area contributed by atoms with Gasteiger partial charge in [-0.25, -0.2) is 13.2 Å². The third kappa shape index (κ3) is 29.3. The average molecular weight is 2090 g/mol. The van der Waals surface area contributed by atoms with Gasteiger partial charge in [0.2, 0.25) is 17.7 Å². The summed E-state index contributed by atoms with van der Waals surface area (Å²) in [6.45, 7) is -13.2. The Bertz CT molecular complexity index is 9260. The molecule has 33 heteroatoms. The second-order valence-corrected chi connectivity index (χ2v) is 34.1. The average Bonchev–Trinajstić information content (AvgIpc) is 1.52. The van der Waals surface area contributed by atoms with Crippen molar-refractivity contribution in [3.8, 4) is 33.4 Å². The predicted octanol–water partition coefficient (Wildman–Crippen LogP) is 22.5. The molecule has 0 radical (unpaired) electrons. The Balaban J connectivity index is 0.000000234. The van der Waals surface area contributed by atoms with Crippen molar-refractivity contribution < 1.29 is 134 Å². The van der Waals surface area contributed by atoms with Crippen molar-refractivity contribution >= 4 is 53.0 Å². The van der Waals surface area contributed by atoms with Crippen LogP contribution in [-0.4, -0.2) is 154 Å². The molecule has 1 unspecified atom stereocenters. The van der Waals surface area contributed by atoms with Gasteiger partial charge < -0.3 is 43.1 Å². The Morgan fingerprint density at radius 1 is 0.396 bits per heavy atom. The fraction of sp³-hybridized carbons (Fsp3) is 0.378. The summed E-state index contributed by atoms with van der Waals surface area (Å²) in [6, 6.07) is -14.6. The molecule has 3 aliphatic rings. The number of carbonyl (C=O) groups excluding carboxylic acids is 3. The molecule has 3 amide bonds. The van der Waals surface area contributed by atoms with Crippen LogP contribution in [0.4, 0.5) is 52.7 Å². The highest BCUT2D eigenvalue weighted by Gasteiger charge is 2.37. The monoisotopic (exact) mass is 2090 g/mol. The standard InChI is InChI=1S/3C37H40F4N4O2S/c1-4-43(5-2)18-19-44(22-26-6-10-28(11-7-26)29-12-14-30(15-13-29)37(39,40)41)34(46)23-45-33-21-25(3)20-32(33)35(47)42-36(45)48-24-27-8-16-31(38)17-9-27;2*1-4-43(5-2)19-20-44(22-26-9-13-28(14-10-26)29-15-18-32(25(3)21-29)37(39,40)41)34(46)23-45-33-8-6-7-31(33)35(47)42-36(45)48-24-27-11-16-30(38)17-12-27/h6-17,25H,4-5,18-24H2,1-3H3;2*9-18,21H,4-8,19-20,22-24H2,1-3H3/i4D2,5D2,8D,9D,16D,17D,20D2,21D2,25D;4D2,5D2,6D2,7D2,8D2,9D,10D,11D,12D,13D,14D,15D,16D,17D,18D,21D;4D2,5D2,9D,10D,11D,12D,13D,14D,15D,16D,17D,18D,21D. The van der Waals surface area contributed by atoms with Crippen LogP contribution in [0.15, 0.2) is 235 Å². The molecule has 0 saturated heterocycles. The smallest absolute Gasteiger partial charge is 0.336 e. The molecule has 0 bridgehead atoms. The summed E-state index contributed by atoms with van der Waals surface area (Å²) in [5, 5.41) is -1.28. The van der Waals surface area contributed by atoms with Gasteiger partial charge in [-0.15, -0.1) is 0 Å². The summed E-state index contributed by atoms with van der Waals surface area (Å²) in [7, 11) is 0. The zero-order chi connectivity index (χ0) is 147. The Morgan fingerprint density at radius 3 is 1.11 bits per heavy atom. The molecule has 0 aliphatic heterocycles. The number of carbonyl (C=O) groups is 3. The number of amides is 3. The van der Waals surface area contributed by atoms with Crippen molar-refractivity contribution in [2.75, 3.05) is 78.2 Å². The Kier molecular flexibility index (Phi) is 21.3. The summed E-state index contributed by atoms with van der Waals surface area (Å²) < 4.78 is 581. The molecule has 1 atom stereocenters. The molecule has 0 N–H and O–H groups in total. The molecule has 0 spiro atoms. The quantitative estimate of drug-likeness (QED) is 0.0202. The van der Waals surface area contributed by atoms with E-state index in [1.165, 1.54) is 16.7 Å². The Morgan fingerprint density at radius 2 is 0.736 bits per heavy atom. The second kappa shape index (κ2) is 50.3. The molecule has 3 aromatic heterocycles. The highest BCUT2D eigenvalue weighted by molar-refractivity contribution is 7.98. The molecule has 12 aromatic rings. The first-order chi connectivity index (χ1) is 87.9. The van der Waals surface area contributed by atoms with E-state index in [0.29, 0.717) is 73.1 Å². The maximum absolute atomic E-state index is 14.8. The highest BCUT2D eigenvalue weighted by Crippen LogP contribution is 2.39. The van der Waals surface area contributed by atoms with Crippen LogP contribution in [-0.2, 0) is 128 Å². The van der Waals surface area contributed by atoms with Crippen LogP contribution in [0, 0.1) is 37.2 Å². The maximum atomic E-state index is 14.8. The summed E-state index contributed by atoms with van der Waals surface area (Å²) in [6.07, 6.45) is -30.2. The van der Waals surface area contributed by atoms with E-state index in [1.54, 1.807) is 24.3 Å². The molecule has 9 aromatic carbocycles. The summed E-state index contributed by atoms with van der Waals surface area (Å²) in [5.74, 6) is -11.5. The van der Waals surface area contributed by atoms with Gasteiger partial charge in [-0.2, -0.15) is 54.5 Å². The van der Waals surface area contributed by atoms with Gasteiger partial charge in [-0.1, -0.05) is 229 Å². The molecule has 0 saturated carbocycles. The van der Waals surface area contributed by atoms with Crippen LogP contribution in [0.3, 0.4) is 0 Å². The van der Waals surface area contributed by atoms with Crippen LogP contribution in [0.5, 0.6) is 0 Å². The van der Waals surface area contributed by atoms with Gasteiger partial charge in [-0.05, 0) is 248 Å². The highest BCUT2D eigenvalue weighted by atomic mass is 32.2. The van der Waals surface area contributed by atoms with E-state index >= 15 is 0 Å². The Hall–Kier alpha value is -11.9. The second-order valence-electron chi connectivity index (χ2n) is 31.3. The zero-order valence-electron chi connectivity index (χ0n) is 127. The minimum absolute atomic E-state index is 0.113. The van der Waals surface area contributed by atoms with Gasteiger partial charge in [0.05, 0.1) is 52.3 Å². The van der Waals surface area contributed by atoms with E-state index in [4.69, 9.17) is 67.2 Å². The third-order valence-electron chi connectivity index (χ3n) is 21.8. The van der Waals surface area contributed by atoms with Crippen LogP contribution < -0.4 is 16.7 Å². The van der Waals surface area contributed by atoms with Crippen molar-refractivity contribution in [3.63, 3.8) is 0 Å². The topological polar surface area (TPSA) is 175 Å². The fourth-order valence-electron chi connectivity index (χ4n) is 14.5. The fourth-order valence-corrected chi connectivity index (χ4v) is 17.1. The lowest BCUT2D eigenvalue weighted by Crippen LogP contribution is -2.40. The first-order valence-corrected chi connectivity index (χ1v) is 46.5. The number of halogens is 12. The number of alkyl halides is 9. The van der Waals surface area contributed by atoms with Crippen molar-refractivity contribution in [3.05, 3.63) is 349 Å². The molecule has 15 rings (SSSR count).